The van der Waals surface area contributed by atoms with E-state index in [2.05, 4.69) is 10.6 Å². The fraction of sp³-hybridized carbons (Fsp3) is 0.176. The molecule has 2 rings (SSSR count). The zero-order valence-electron chi connectivity index (χ0n) is 13.5. The Hall–Kier alpha value is -2.73. The predicted molar refractivity (Wildman–Crippen MR) is 93.3 cm³/mol. The summed E-state index contributed by atoms with van der Waals surface area (Å²) in [5.41, 5.74) is 1.47. The van der Waals surface area contributed by atoms with Crippen LogP contribution in [0.3, 0.4) is 0 Å². The topological polar surface area (TPSA) is 76.7 Å². The van der Waals surface area contributed by atoms with Crippen molar-refractivity contribution in [2.24, 2.45) is 0 Å². The molecule has 0 saturated heterocycles. The van der Waals surface area contributed by atoms with Crippen molar-refractivity contribution in [2.75, 3.05) is 24.9 Å². The van der Waals surface area contributed by atoms with Crippen molar-refractivity contribution >= 4 is 34.8 Å². The van der Waals surface area contributed by atoms with Crippen LogP contribution in [0.2, 0.25) is 5.02 Å². The second-order valence-electron chi connectivity index (χ2n) is 4.90. The first kappa shape index (κ1) is 17.6. The molecule has 2 aromatic carbocycles. The molecule has 6 nitrogen and oxygen atoms in total. The lowest BCUT2D eigenvalue weighted by Crippen LogP contribution is -2.13. The molecule has 0 spiro atoms. The molecule has 0 unspecified atom stereocenters. The molecule has 0 aliphatic heterocycles. The number of hydrogen-bond donors (Lipinski definition) is 2. The summed E-state index contributed by atoms with van der Waals surface area (Å²) in [4.78, 5) is 23.4. The van der Waals surface area contributed by atoms with Crippen LogP contribution in [0.15, 0.2) is 36.4 Å². The second kappa shape index (κ2) is 7.70. The van der Waals surface area contributed by atoms with Gasteiger partial charge in [-0.05, 0) is 30.3 Å². The third-order valence-corrected chi connectivity index (χ3v) is 3.48. The molecule has 0 aliphatic carbocycles. The highest BCUT2D eigenvalue weighted by Crippen LogP contribution is 2.36. The van der Waals surface area contributed by atoms with E-state index in [9.17, 15) is 9.59 Å². The van der Waals surface area contributed by atoms with Gasteiger partial charge < -0.3 is 20.1 Å². The lowest BCUT2D eigenvalue weighted by Gasteiger charge is -2.13. The van der Waals surface area contributed by atoms with Crippen LogP contribution in [0.4, 0.5) is 11.4 Å². The van der Waals surface area contributed by atoms with Gasteiger partial charge in [-0.3, -0.25) is 9.59 Å². The monoisotopic (exact) mass is 348 g/mol. The summed E-state index contributed by atoms with van der Waals surface area (Å²) in [6, 6.07) is 9.67. The van der Waals surface area contributed by atoms with Gasteiger partial charge in [-0.15, -0.1) is 0 Å². The Kier molecular flexibility index (Phi) is 5.65. The van der Waals surface area contributed by atoms with Crippen molar-refractivity contribution in [3.05, 3.63) is 47.0 Å². The Morgan fingerprint density at radius 2 is 1.58 bits per heavy atom. The highest BCUT2D eigenvalue weighted by Gasteiger charge is 2.13. The molecule has 2 amide bonds. The van der Waals surface area contributed by atoms with E-state index in [0.29, 0.717) is 33.5 Å². The Morgan fingerprint density at radius 3 is 2.12 bits per heavy atom. The smallest absolute Gasteiger partial charge is 0.255 e. The van der Waals surface area contributed by atoms with Crippen molar-refractivity contribution in [2.45, 2.75) is 6.92 Å². The van der Waals surface area contributed by atoms with Crippen LogP contribution in [-0.2, 0) is 4.79 Å². The molecule has 2 aromatic rings. The molecule has 0 saturated carbocycles. The first-order valence-electron chi connectivity index (χ1n) is 7.05. The summed E-state index contributed by atoms with van der Waals surface area (Å²) in [5, 5.41) is 5.73. The number of amides is 2. The van der Waals surface area contributed by atoms with Crippen molar-refractivity contribution in [1.82, 2.24) is 0 Å². The van der Waals surface area contributed by atoms with E-state index in [1.165, 1.54) is 21.1 Å². The van der Waals surface area contributed by atoms with E-state index in [1.54, 1.807) is 36.4 Å². The number of hydrogen-bond acceptors (Lipinski definition) is 4. The van der Waals surface area contributed by atoms with Gasteiger partial charge in [0.2, 0.25) is 5.91 Å². The summed E-state index contributed by atoms with van der Waals surface area (Å²) >= 11 is 6.09. The number of carbonyl (C=O) groups is 2. The highest BCUT2D eigenvalue weighted by molar-refractivity contribution is 6.32. The minimum Gasteiger partial charge on any atom is -0.495 e. The zero-order valence-corrected chi connectivity index (χ0v) is 14.2. The molecule has 0 heterocycles. The van der Waals surface area contributed by atoms with Gasteiger partial charge in [-0.2, -0.15) is 0 Å². The molecular weight excluding hydrogens is 332 g/mol. The van der Waals surface area contributed by atoms with Gasteiger partial charge in [-0.1, -0.05) is 11.6 Å². The van der Waals surface area contributed by atoms with E-state index in [-0.39, 0.29) is 11.8 Å². The molecular formula is C17H17ClN2O4. The van der Waals surface area contributed by atoms with Crippen LogP contribution in [0.25, 0.3) is 0 Å². The molecule has 0 bridgehead atoms. The van der Waals surface area contributed by atoms with E-state index in [1.807, 2.05) is 0 Å². The largest absolute Gasteiger partial charge is 0.495 e. The molecule has 2 N–H and O–H groups in total. The first-order chi connectivity index (χ1) is 11.4. The number of benzene rings is 2. The van der Waals surface area contributed by atoms with Crippen LogP contribution < -0.4 is 20.1 Å². The summed E-state index contributed by atoms with van der Waals surface area (Å²) in [7, 11) is 2.98. The highest BCUT2D eigenvalue weighted by atomic mass is 35.5. The number of ether oxygens (including phenoxy) is 2. The number of halogens is 1. The Morgan fingerprint density at radius 1 is 0.958 bits per heavy atom. The number of nitrogens with one attached hydrogen (secondary N) is 2. The summed E-state index contributed by atoms with van der Waals surface area (Å²) in [6.45, 7) is 1.42. The van der Waals surface area contributed by atoms with Gasteiger partial charge in [0.05, 0.1) is 24.9 Å². The first-order valence-corrected chi connectivity index (χ1v) is 7.43. The van der Waals surface area contributed by atoms with Crippen LogP contribution in [0.1, 0.15) is 17.3 Å². The lowest BCUT2D eigenvalue weighted by atomic mass is 10.2. The average molecular weight is 349 g/mol. The maximum Gasteiger partial charge on any atom is 0.255 e. The van der Waals surface area contributed by atoms with E-state index in [4.69, 9.17) is 21.1 Å². The minimum atomic E-state index is -0.330. The Balaban J connectivity index is 2.20. The maximum absolute atomic E-state index is 12.4. The van der Waals surface area contributed by atoms with Gasteiger partial charge in [0.25, 0.3) is 5.91 Å². The molecule has 0 aliphatic rings. The van der Waals surface area contributed by atoms with Crippen molar-refractivity contribution in [3.8, 4) is 11.5 Å². The molecule has 0 atom stereocenters. The van der Waals surface area contributed by atoms with E-state index >= 15 is 0 Å². The van der Waals surface area contributed by atoms with Crippen molar-refractivity contribution in [1.29, 1.82) is 0 Å². The zero-order chi connectivity index (χ0) is 17.7. The normalized spacial score (nSPS) is 10.0. The predicted octanol–water partition coefficient (Wildman–Crippen LogP) is 3.57. The minimum absolute atomic E-state index is 0.176. The number of rotatable bonds is 5. The molecule has 24 heavy (non-hydrogen) atoms. The quantitative estimate of drug-likeness (QED) is 0.866. The SMILES string of the molecule is COc1cc(OC)c(NC(=O)c2ccc(NC(C)=O)cc2)cc1Cl. The van der Waals surface area contributed by atoms with Crippen LogP contribution >= 0.6 is 11.6 Å². The summed E-state index contributed by atoms with van der Waals surface area (Å²) < 4.78 is 10.4. The van der Waals surface area contributed by atoms with Crippen LogP contribution in [0, 0.1) is 0 Å². The van der Waals surface area contributed by atoms with Crippen molar-refractivity contribution in [3.63, 3.8) is 0 Å². The van der Waals surface area contributed by atoms with Crippen molar-refractivity contribution < 1.29 is 19.1 Å². The van der Waals surface area contributed by atoms with Gasteiger partial charge in [0.15, 0.2) is 0 Å². The van der Waals surface area contributed by atoms with Gasteiger partial charge in [-0.25, -0.2) is 0 Å². The summed E-state index contributed by atoms with van der Waals surface area (Å²) in [5.74, 6) is 0.374. The Labute approximate surface area is 144 Å². The van der Waals surface area contributed by atoms with E-state index < -0.39 is 0 Å². The molecule has 0 radical (unpaired) electrons. The molecule has 126 valence electrons. The van der Waals surface area contributed by atoms with Gasteiger partial charge >= 0.3 is 0 Å². The standard InChI is InChI=1S/C17H17ClN2O4/c1-10(21)19-12-6-4-11(5-7-12)17(22)20-14-8-13(18)15(23-2)9-16(14)24-3/h4-9H,1-3H3,(H,19,21)(H,20,22). The molecule has 0 fully saturated rings. The third kappa shape index (κ3) is 4.17. The Bertz CT molecular complexity index is 760. The van der Waals surface area contributed by atoms with Gasteiger partial charge in [0, 0.05) is 24.2 Å². The molecule has 7 heteroatoms. The van der Waals surface area contributed by atoms with Crippen LogP contribution in [0.5, 0.6) is 11.5 Å². The third-order valence-electron chi connectivity index (χ3n) is 3.19. The van der Waals surface area contributed by atoms with Crippen LogP contribution in [-0.4, -0.2) is 26.0 Å². The summed E-state index contributed by atoms with van der Waals surface area (Å²) in [6.07, 6.45) is 0. The fourth-order valence-electron chi connectivity index (χ4n) is 2.06. The number of anilines is 2. The number of methoxy groups -OCH3 is 2. The number of carbonyl (C=O) groups excluding carboxylic acids is 2. The lowest BCUT2D eigenvalue weighted by molar-refractivity contribution is -0.114. The maximum atomic E-state index is 12.4. The average Bonchev–Trinajstić information content (AvgIpc) is 2.55. The second-order valence-corrected chi connectivity index (χ2v) is 5.31. The van der Waals surface area contributed by atoms with Gasteiger partial charge in [0.1, 0.15) is 11.5 Å². The van der Waals surface area contributed by atoms with E-state index in [0.717, 1.165) is 0 Å². The molecule has 0 aromatic heterocycles. The fourth-order valence-corrected chi connectivity index (χ4v) is 2.30.